The summed E-state index contributed by atoms with van der Waals surface area (Å²) in [5.41, 5.74) is 6.89. The molecule has 1 aromatic rings. The summed E-state index contributed by atoms with van der Waals surface area (Å²) in [6, 6.07) is 6.63. The molecule has 0 aliphatic carbocycles. The molecule has 1 aromatic carbocycles. The molecular weight excluding hydrogens is 156 g/mol. The van der Waals surface area contributed by atoms with Crippen LogP contribution in [-0.4, -0.2) is 0 Å². The van der Waals surface area contributed by atoms with E-state index in [4.69, 9.17) is 0 Å². The lowest BCUT2D eigenvalue weighted by atomic mass is 9.97. The van der Waals surface area contributed by atoms with Crippen molar-refractivity contribution in [3.63, 3.8) is 0 Å². The van der Waals surface area contributed by atoms with Crippen LogP contribution in [0.2, 0.25) is 0 Å². The molecule has 0 saturated heterocycles. The van der Waals surface area contributed by atoms with Crippen LogP contribution >= 0.6 is 0 Å². The van der Waals surface area contributed by atoms with Crippen molar-refractivity contribution >= 4 is 5.57 Å². The van der Waals surface area contributed by atoms with Gasteiger partial charge in [0.15, 0.2) is 0 Å². The number of aryl methyl sites for hydroxylation is 2. The van der Waals surface area contributed by atoms with Crippen molar-refractivity contribution in [2.45, 2.75) is 34.6 Å². The van der Waals surface area contributed by atoms with Gasteiger partial charge in [-0.1, -0.05) is 29.3 Å². The average molecular weight is 174 g/mol. The highest BCUT2D eigenvalue weighted by atomic mass is 14.1. The maximum absolute atomic E-state index is 2.24. The molecule has 0 aliphatic rings. The van der Waals surface area contributed by atoms with E-state index in [9.17, 15) is 0 Å². The Morgan fingerprint density at radius 3 is 2.08 bits per heavy atom. The number of hydrogen-bond donors (Lipinski definition) is 0. The number of hydrogen-bond acceptors (Lipinski definition) is 0. The van der Waals surface area contributed by atoms with Crippen LogP contribution in [0, 0.1) is 13.8 Å². The summed E-state index contributed by atoms with van der Waals surface area (Å²) in [4.78, 5) is 0. The van der Waals surface area contributed by atoms with Crippen LogP contribution < -0.4 is 0 Å². The minimum absolute atomic E-state index is 1.34. The lowest BCUT2D eigenvalue weighted by Crippen LogP contribution is -1.88. The van der Waals surface area contributed by atoms with Crippen molar-refractivity contribution < 1.29 is 0 Å². The fourth-order valence-electron chi connectivity index (χ4n) is 1.50. The fraction of sp³-hybridized carbons (Fsp3) is 0.385. The first-order valence-electron chi connectivity index (χ1n) is 4.74. The molecule has 0 fully saturated rings. The van der Waals surface area contributed by atoms with Crippen molar-refractivity contribution in [1.29, 1.82) is 0 Å². The standard InChI is InChI=1S/C13H18/c1-9(2)12(5)13-7-6-10(3)8-11(13)4/h6-8H,1-5H3. The van der Waals surface area contributed by atoms with Gasteiger partial charge in [-0.15, -0.1) is 0 Å². The molecule has 0 aromatic heterocycles. The van der Waals surface area contributed by atoms with Gasteiger partial charge in [-0.05, 0) is 51.3 Å². The van der Waals surface area contributed by atoms with E-state index in [-0.39, 0.29) is 0 Å². The number of allylic oxidation sites excluding steroid dienone is 2. The lowest BCUT2D eigenvalue weighted by Gasteiger charge is -2.08. The third kappa shape index (κ3) is 2.21. The van der Waals surface area contributed by atoms with E-state index in [1.54, 1.807) is 0 Å². The van der Waals surface area contributed by atoms with E-state index in [2.05, 4.69) is 52.8 Å². The summed E-state index contributed by atoms with van der Waals surface area (Å²) in [6.45, 7) is 10.8. The molecule has 0 radical (unpaired) electrons. The molecule has 0 bridgehead atoms. The Balaban J connectivity index is 3.25. The SMILES string of the molecule is CC(C)=C(C)c1ccc(C)cc1C. The maximum atomic E-state index is 2.24. The van der Waals surface area contributed by atoms with Crippen molar-refractivity contribution in [2.24, 2.45) is 0 Å². The summed E-state index contributed by atoms with van der Waals surface area (Å²) >= 11 is 0. The number of rotatable bonds is 1. The van der Waals surface area contributed by atoms with Gasteiger partial charge in [0.25, 0.3) is 0 Å². The van der Waals surface area contributed by atoms with Gasteiger partial charge in [-0.3, -0.25) is 0 Å². The Hall–Kier alpha value is -1.04. The highest BCUT2D eigenvalue weighted by Gasteiger charge is 2.01. The molecule has 0 saturated carbocycles. The summed E-state index contributed by atoms with van der Waals surface area (Å²) in [6.07, 6.45) is 0. The van der Waals surface area contributed by atoms with E-state index in [1.807, 2.05) is 0 Å². The van der Waals surface area contributed by atoms with E-state index in [0.717, 1.165) is 0 Å². The lowest BCUT2D eigenvalue weighted by molar-refractivity contribution is 1.31. The Kier molecular flexibility index (Phi) is 2.92. The first-order chi connectivity index (χ1) is 6.02. The zero-order chi connectivity index (χ0) is 10.0. The molecule has 0 unspecified atom stereocenters. The quantitative estimate of drug-likeness (QED) is 0.601. The van der Waals surface area contributed by atoms with E-state index in [1.165, 1.54) is 27.8 Å². The van der Waals surface area contributed by atoms with Crippen molar-refractivity contribution in [3.8, 4) is 0 Å². The van der Waals surface area contributed by atoms with Gasteiger partial charge in [0.1, 0.15) is 0 Å². The van der Waals surface area contributed by atoms with Crippen LogP contribution in [0.1, 0.15) is 37.5 Å². The molecule has 0 nitrogen and oxygen atoms in total. The van der Waals surface area contributed by atoms with Crippen LogP contribution in [0.4, 0.5) is 0 Å². The van der Waals surface area contributed by atoms with Crippen LogP contribution in [0.5, 0.6) is 0 Å². The normalized spacial score (nSPS) is 9.92. The molecule has 0 atom stereocenters. The second-order valence-electron chi connectivity index (χ2n) is 3.94. The summed E-state index contributed by atoms with van der Waals surface area (Å²) in [5, 5.41) is 0. The molecule has 1 rings (SSSR count). The number of benzene rings is 1. The third-order valence-electron chi connectivity index (χ3n) is 2.54. The van der Waals surface area contributed by atoms with Gasteiger partial charge in [0.05, 0.1) is 0 Å². The molecule has 0 amide bonds. The smallest absolute Gasteiger partial charge is 0.0199 e. The van der Waals surface area contributed by atoms with E-state index in [0.29, 0.717) is 0 Å². The van der Waals surface area contributed by atoms with Crippen LogP contribution in [0.15, 0.2) is 23.8 Å². The highest BCUT2D eigenvalue weighted by molar-refractivity contribution is 5.68. The Labute approximate surface area is 81.3 Å². The topological polar surface area (TPSA) is 0 Å². The Morgan fingerprint density at radius 1 is 1.00 bits per heavy atom. The molecule has 0 spiro atoms. The van der Waals surface area contributed by atoms with Crippen molar-refractivity contribution in [3.05, 3.63) is 40.5 Å². The molecule has 0 heteroatoms. The maximum Gasteiger partial charge on any atom is -0.0199 e. The van der Waals surface area contributed by atoms with Crippen molar-refractivity contribution in [2.75, 3.05) is 0 Å². The minimum atomic E-state index is 1.34. The zero-order valence-corrected chi connectivity index (χ0v) is 9.23. The monoisotopic (exact) mass is 174 g/mol. The van der Waals surface area contributed by atoms with Crippen LogP contribution in [-0.2, 0) is 0 Å². The second-order valence-corrected chi connectivity index (χ2v) is 3.94. The van der Waals surface area contributed by atoms with Gasteiger partial charge in [0, 0.05) is 0 Å². The second kappa shape index (κ2) is 3.78. The predicted molar refractivity (Wildman–Crippen MR) is 59.9 cm³/mol. The zero-order valence-electron chi connectivity index (χ0n) is 9.23. The highest BCUT2D eigenvalue weighted by Crippen LogP contribution is 2.22. The van der Waals surface area contributed by atoms with Crippen LogP contribution in [0.25, 0.3) is 5.57 Å². The third-order valence-corrected chi connectivity index (χ3v) is 2.54. The van der Waals surface area contributed by atoms with Gasteiger partial charge in [0.2, 0.25) is 0 Å². The summed E-state index contributed by atoms with van der Waals surface area (Å²) in [5.74, 6) is 0. The predicted octanol–water partition coefficient (Wildman–Crippen LogP) is 4.12. The van der Waals surface area contributed by atoms with E-state index < -0.39 is 0 Å². The van der Waals surface area contributed by atoms with Gasteiger partial charge in [-0.25, -0.2) is 0 Å². The van der Waals surface area contributed by atoms with Crippen LogP contribution in [0.3, 0.4) is 0 Å². The summed E-state index contributed by atoms with van der Waals surface area (Å²) in [7, 11) is 0. The van der Waals surface area contributed by atoms with Crippen molar-refractivity contribution in [1.82, 2.24) is 0 Å². The first kappa shape index (κ1) is 10.0. The minimum Gasteiger partial charge on any atom is -0.0729 e. The molecule has 13 heavy (non-hydrogen) atoms. The summed E-state index contributed by atoms with van der Waals surface area (Å²) < 4.78 is 0. The molecule has 0 aliphatic heterocycles. The molecule has 0 N–H and O–H groups in total. The van der Waals surface area contributed by atoms with Gasteiger partial charge >= 0.3 is 0 Å². The first-order valence-corrected chi connectivity index (χ1v) is 4.74. The van der Waals surface area contributed by atoms with Gasteiger partial charge in [-0.2, -0.15) is 0 Å². The Bertz CT molecular complexity index is 339. The van der Waals surface area contributed by atoms with Gasteiger partial charge < -0.3 is 0 Å². The molecular formula is C13H18. The average Bonchev–Trinajstić information content (AvgIpc) is 2.03. The molecule has 70 valence electrons. The molecule has 0 heterocycles. The van der Waals surface area contributed by atoms with E-state index >= 15 is 0 Å². The Morgan fingerprint density at radius 2 is 1.62 bits per heavy atom. The largest absolute Gasteiger partial charge is 0.0729 e. The fourth-order valence-corrected chi connectivity index (χ4v) is 1.50.